The first-order chi connectivity index (χ1) is 7.54. The van der Waals surface area contributed by atoms with Gasteiger partial charge in [0.25, 0.3) is 0 Å². The normalized spacial score (nSPS) is 19.5. The number of piperazine rings is 1. The second-order valence-corrected chi connectivity index (χ2v) is 4.40. The molecule has 0 aromatic carbocycles. The van der Waals surface area contributed by atoms with Gasteiger partial charge in [-0.15, -0.1) is 0 Å². The number of rotatable bonds is 4. The van der Waals surface area contributed by atoms with Crippen molar-refractivity contribution in [2.75, 3.05) is 26.2 Å². The third kappa shape index (κ3) is 3.48. The van der Waals surface area contributed by atoms with Crippen LogP contribution >= 0.6 is 0 Å². The Bertz CT molecular complexity index is 260. The maximum Gasteiger partial charge on any atom is 0.228 e. The van der Waals surface area contributed by atoms with Crippen LogP contribution in [0.3, 0.4) is 0 Å². The minimum absolute atomic E-state index is 0.316. The number of carbonyl (C=O) groups is 2. The van der Waals surface area contributed by atoms with Gasteiger partial charge in [0.2, 0.25) is 5.91 Å². The van der Waals surface area contributed by atoms with E-state index in [4.69, 9.17) is 0 Å². The van der Waals surface area contributed by atoms with Crippen molar-refractivity contribution in [1.82, 2.24) is 4.90 Å². The number of carbonyl (C=O) groups excluding carboxylic acids is 2. The van der Waals surface area contributed by atoms with Gasteiger partial charge < -0.3 is 19.7 Å². The largest absolute Gasteiger partial charge is 0.550 e. The molecule has 0 aromatic heterocycles. The molecule has 92 valence electrons. The van der Waals surface area contributed by atoms with Gasteiger partial charge in [-0.2, -0.15) is 0 Å². The Morgan fingerprint density at radius 2 is 1.94 bits per heavy atom. The molecule has 0 saturated carbocycles. The zero-order valence-corrected chi connectivity index (χ0v) is 9.99. The number of amides is 1. The van der Waals surface area contributed by atoms with Gasteiger partial charge in [-0.1, -0.05) is 6.92 Å². The van der Waals surface area contributed by atoms with Crippen LogP contribution in [0.25, 0.3) is 0 Å². The van der Waals surface area contributed by atoms with Gasteiger partial charge in [-0.25, -0.2) is 0 Å². The molecule has 0 radical (unpaired) electrons. The lowest BCUT2D eigenvalue weighted by Crippen LogP contribution is -3.17. The number of aliphatic carboxylic acids is 1. The molecule has 1 amide bonds. The minimum Gasteiger partial charge on any atom is -0.550 e. The maximum absolute atomic E-state index is 11.5. The van der Waals surface area contributed by atoms with Gasteiger partial charge in [0.1, 0.15) is 0 Å². The van der Waals surface area contributed by atoms with Crippen molar-refractivity contribution in [3.05, 3.63) is 0 Å². The number of carboxylic acids is 1. The highest BCUT2D eigenvalue weighted by Crippen LogP contribution is 1.95. The minimum atomic E-state index is -1.29. The number of hydrogen-bond donors (Lipinski definition) is 1. The average molecular weight is 228 g/mol. The summed E-state index contributed by atoms with van der Waals surface area (Å²) in [7, 11) is 0. The van der Waals surface area contributed by atoms with E-state index in [1.807, 2.05) is 0 Å². The number of nitrogens with one attached hydrogen (secondary N) is 1. The van der Waals surface area contributed by atoms with E-state index in [2.05, 4.69) is 13.8 Å². The highest BCUT2D eigenvalue weighted by Gasteiger charge is 2.25. The Morgan fingerprint density at radius 1 is 1.38 bits per heavy atom. The molecule has 0 aliphatic carbocycles. The highest BCUT2D eigenvalue weighted by atomic mass is 16.4. The van der Waals surface area contributed by atoms with Crippen molar-refractivity contribution in [2.45, 2.75) is 32.7 Å². The smallest absolute Gasteiger partial charge is 0.228 e. The van der Waals surface area contributed by atoms with Gasteiger partial charge in [-0.05, 0) is 13.3 Å². The lowest BCUT2D eigenvalue weighted by Gasteiger charge is -2.35. The van der Waals surface area contributed by atoms with Crippen LogP contribution in [0, 0.1) is 0 Å². The molecule has 1 rings (SSSR count). The van der Waals surface area contributed by atoms with E-state index in [0.717, 1.165) is 19.5 Å². The Kier molecular flexibility index (Phi) is 4.73. The van der Waals surface area contributed by atoms with Crippen molar-refractivity contribution in [3.63, 3.8) is 0 Å². The summed E-state index contributed by atoms with van der Waals surface area (Å²) >= 11 is 0. The van der Waals surface area contributed by atoms with Crippen LogP contribution < -0.4 is 10.0 Å². The summed E-state index contributed by atoms with van der Waals surface area (Å²) in [6, 6.07) is 0.610. The summed E-state index contributed by atoms with van der Waals surface area (Å²) in [6.07, 6.45) is 0.640. The summed E-state index contributed by atoms with van der Waals surface area (Å²) in [6.45, 7) is 7.50. The predicted octanol–water partition coefficient (Wildman–Crippen LogP) is -2.35. The van der Waals surface area contributed by atoms with Gasteiger partial charge in [0.15, 0.2) is 0 Å². The molecule has 1 saturated heterocycles. The van der Waals surface area contributed by atoms with E-state index in [-0.39, 0.29) is 5.91 Å². The Morgan fingerprint density at radius 3 is 2.38 bits per heavy atom. The molecule has 1 fully saturated rings. The molecule has 1 atom stereocenters. The fourth-order valence-electron chi connectivity index (χ4n) is 2.06. The first-order valence-electron chi connectivity index (χ1n) is 5.86. The number of quaternary nitrogens is 1. The quantitative estimate of drug-likeness (QED) is 0.548. The first-order valence-corrected chi connectivity index (χ1v) is 5.86. The Balaban J connectivity index is 2.37. The summed E-state index contributed by atoms with van der Waals surface area (Å²) < 4.78 is 0. The standard InChI is InChI=1S/C11H20N2O3/c1-3-9(2)12-4-6-13(7-5-12)10(14)8-11(15)16/h9H,3-8H2,1-2H3,(H,15,16)/t9-/m0/s1. The van der Waals surface area contributed by atoms with Crippen molar-refractivity contribution >= 4 is 11.9 Å². The molecule has 1 aliphatic heterocycles. The predicted molar refractivity (Wildman–Crippen MR) is 56.7 cm³/mol. The van der Waals surface area contributed by atoms with E-state index in [1.165, 1.54) is 4.90 Å². The third-order valence-electron chi connectivity index (χ3n) is 3.36. The second-order valence-electron chi connectivity index (χ2n) is 4.40. The first kappa shape index (κ1) is 13.0. The molecule has 1 heterocycles. The van der Waals surface area contributed by atoms with Crippen LogP contribution in [0.5, 0.6) is 0 Å². The lowest BCUT2D eigenvalue weighted by molar-refractivity contribution is -0.927. The molecule has 0 unspecified atom stereocenters. The average Bonchev–Trinajstić information content (AvgIpc) is 2.27. The fraction of sp³-hybridized carbons (Fsp3) is 0.818. The van der Waals surface area contributed by atoms with Gasteiger partial charge in [-0.3, -0.25) is 4.79 Å². The number of nitrogens with zero attached hydrogens (tertiary/aromatic N) is 1. The van der Waals surface area contributed by atoms with E-state index in [9.17, 15) is 14.7 Å². The SMILES string of the molecule is CC[C@H](C)[NH+]1CCN(C(=O)CC(=O)[O-])CC1. The van der Waals surface area contributed by atoms with Gasteiger partial charge in [0, 0.05) is 0 Å². The summed E-state index contributed by atoms with van der Waals surface area (Å²) in [5.41, 5.74) is 0. The highest BCUT2D eigenvalue weighted by molar-refractivity contribution is 5.92. The molecular formula is C11H20N2O3. The van der Waals surface area contributed by atoms with Crippen molar-refractivity contribution in [3.8, 4) is 0 Å². The van der Waals surface area contributed by atoms with Crippen molar-refractivity contribution < 1.29 is 19.6 Å². The van der Waals surface area contributed by atoms with Crippen LogP contribution in [0.4, 0.5) is 0 Å². The zero-order valence-electron chi connectivity index (χ0n) is 9.99. The number of hydrogen-bond acceptors (Lipinski definition) is 3. The van der Waals surface area contributed by atoms with Gasteiger partial charge >= 0.3 is 0 Å². The monoisotopic (exact) mass is 228 g/mol. The molecular weight excluding hydrogens is 208 g/mol. The lowest BCUT2D eigenvalue weighted by atomic mass is 10.2. The molecule has 5 nitrogen and oxygen atoms in total. The Labute approximate surface area is 96.0 Å². The topological polar surface area (TPSA) is 64.9 Å². The van der Waals surface area contributed by atoms with Crippen LogP contribution in [0.2, 0.25) is 0 Å². The molecule has 0 bridgehead atoms. The molecule has 5 heteroatoms. The molecule has 0 spiro atoms. The van der Waals surface area contributed by atoms with E-state index >= 15 is 0 Å². The van der Waals surface area contributed by atoms with Crippen molar-refractivity contribution in [1.29, 1.82) is 0 Å². The van der Waals surface area contributed by atoms with E-state index in [1.54, 1.807) is 4.90 Å². The van der Waals surface area contributed by atoms with Crippen LogP contribution in [-0.4, -0.2) is 49.0 Å². The summed E-state index contributed by atoms with van der Waals surface area (Å²) in [4.78, 5) is 24.9. The molecule has 1 aliphatic rings. The van der Waals surface area contributed by atoms with E-state index < -0.39 is 12.4 Å². The van der Waals surface area contributed by atoms with Crippen LogP contribution in [0.1, 0.15) is 26.7 Å². The number of carboxylic acid groups (broad SMARTS) is 1. The fourth-order valence-corrected chi connectivity index (χ4v) is 2.06. The maximum atomic E-state index is 11.5. The van der Waals surface area contributed by atoms with Crippen LogP contribution in [0.15, 0.2) is 0 Å². The van der Waals surface area contributed by atoms with E-state index in [0.29, 0.717) is 19.1 Å². The summed E-state index contributed by atoms with van der Waals surface area (Å²) in [5, 5.41) is 10.3. The van der Waals surface area contributed by atoms with Crippen LogP contribution in [-0.2, 0) is 9.59 Å². The van der Waals surface area contributed by atoms with Crippen molar-refractivity contribution in [2.24, 2.45) is 0 Å². The second kappa shape index (κ2) is 5.84. The summed E-state index contributed by atoms with van der Waals surface area (Å²) in [5.74, 6) is -1.61. The van der Waals surface area contributed by atoms with Gasteiger partial charge in [0.05, 0.1) is 44.6 Å². The molecule has 0 aromatic rings. The molecule has 1 N–H and O–H groups in total. The Hall–Kier alpha value is -1.10. The third-order valence-corrected chi connectivity index (χ3v) is 3.36. The zero-order chi connectivity index (χ0) is 12.1. The molecule has 16 heavy (non-hydrogen) atoms.